The zero-order valence-electron chi connectivity index (χ0n) is 18.2. The summed E-state index contributed by atoms with van der Waals surface area (Å²) in [6.07, 6.45) is 1.35. The Kier molecular flexibility index (Phi) is 4.97. The van der Waals surface area contributed by atoms with Crippen LogP contribution in [0.3, 0.4) is 0 Å². The van der Waals surface area contributed by atoms with Gasteiger partial charge in [-0.3, -0.25) is 9.69 Å². The van der Waals surface area contributed by atoms with Crippen LogP contribution in [0.25, 0.3) is 6.08 Å². The topological polar surface area (TPSA) is 57.2 Å². The molecule has 172 valence electrons. The SMILES string of the molecule is Cc1c2c(cc3c1O/C(=C\c1c(F)cccc1Cl)C3=O)CN(Cc1ccc3c(c1)OCO3)CO2. The van der Waals surface area contributed by atoms with Gasteiger partial charge in [0.25, 0.3) is 0 Å². The summed E-state index contributed by atoms with van der Waals surface area (Å²) in [6.45, 7) is 3.73. The molecule has 6 nitrogen and oxygen atoms in total. The zero-order chi connectivity index (χ0) is 23.4. The molecular formula is C26H19ClFNO5. The number of Topliss-reactive ketones (excluding diaryl/α,β-unsaturated/α-hetero) is 1. The van der Waals surface area contributed by atoms with Gasteiger partial charge in [0.15, 0.2) is 17.3 Å². The summed E-state index contributed by atoms with van der Waals surface area (Å²) in [6, 6.07) is 12.0. The van der Waals surface area contributed by atoms with Gasteiger partial charge in [-0.2, -0.15) is 0 Å². The molecule has 3 heterocycles. The summed E-state index contributed by atoms with van der Waals surface area (Å²) >= 11 is 6.12. The Bertz CT molecular complexity index is 1370. The normalized spacial score (nSPS) is 17.4. The summed E-state index contributed by atoms with van der Waals surface area (Å²) in [5.41, 5.74) is 3.26. The van der Waals surface area contributed by atoms with Gasteiger partial charge in [0.05, 0.1) is 10.6 Å². The second-order valence-electron chi connectivity index (χ2n) is 8.39. The third-order valence-electron chi connectivity index (χ3n) is 6.12. The standard InChI is InChI=1S/C26H19ClFNO5/c1-14-25-16(11-29(12-31-25)10-15-5-6-21-22(7-15)33-13-32-21)8-18-24(30)23(34-26(14)18)9-17-19(27)3-2-4-20(17)28/h2-9H,10-13H2,1H3/b23-9-. The predicted octanol–water partition coefficient (Wildman–Crippen LogP) is 5.48. The summed E-state index contributed by atoms with van der Waals surface area (Å²) in [5.74, 6) is 1.82. The highest BCUT2D eigenvalue weighted by molar-refractivity contribution is 6.32. The van der Waals surface area contributed by atoms with Crippen LogP contribution in [0.5, 0.6) is 23.0 Å². The summed E-state index contributed by atoms with van der Waals surface area (Å²) < 4.78 is 37.0. The van der Waals surface area contributed by atoms with Crippen molar-refractivity contribution in [1.82, 2.24) is 4.90 Å². The monoisotopic (exact) mass is 479 g/mol. The molecule has 3 aliphatic rings. The molecule has 0 radical (unpaired) electrons. The lowest BCUT2D eigenvalue weighted by atomic mass is 9.99. The van der Waals surface area contributed by atoms with Crippen LogP contribution in [0.2, 0.25) is 5.02 Å². The quantitative estimate of drug-likeness (QED) is 0.463. The molecule has 0 fully saturated rings. The number of fused-ring (bicyclic) bond motifs is 3. The van der Waals surface area contributed by atoms with E-state index in [4.69, 9.17) is 30.5 Å². The number of rotatable bonds is 3. The first-order valence-corrected chi connectivity index (χ1v) is 11.1. The van der Waals surface area contributed by atoms with Crippen molar-refractivity contribution in [2.75, 3.05) is 13.5 Å². The van der Waals surface area contributed by atoms with E-state index in [1.807, 2.05) is 25.1 Å². The van der Waals surface area contributed by atoms with E-state index in [9.17, 15) is 9.18 Å². The molecule has 0 amide bonds. The van der Waals surface area contributed by atoms with Crippen molar-refractivity contribution in [3.63, 3.8) is 0 Å². The molecule has 0 spiro atoms. The maximum Gasteiger partial charge on any atom is 0.231 e. The van der Waals surface area contributed by atoms with E-state index in [1.165, 1.54) is 18.2 Å². The molecule has 0 aromatic heterocycles. The second-order valence-corrected chi connectivity index (χ2v) is 8.80. The van der Waals surface area contributed by atoms with E-state index in [0.717, 1.165) is 28.2 Å². The average Bonchev–Trinajstić information content (AvgIpc) is 3.41. The summed E-state index contributed by atoms with van der Waals surface area (Å²) in [4.78, 5) is 15.2. The first kappa shape index (κ1) is 21.0. The van der Waals surface area contributed by atoms with E-state index in [1.54, 1.807) is 12.1 Å². The largest absolute Gasteiger partial charge is 0.477 e. The fourth-order valence-electron chi connectivity index (χ4n) is 4.48. The van der Waals surface area contributed by atoms with Gasteiger partial charge in [-0.1, -0.05) is 23.7 Å². The van der Waals surface area contributed by atoms with Gasteiger partial charge in [-0.15, -0.1) is 0 Å². The second kappa shape index (κ2) is 8.04. The first-order valence-electron chi connectivity index (χ1n) is 10.8. The van der Waals surface area contributed by atoms with Gasteiger partial charge in [0.1, 0.15) is 24.0 Å². The van der Waals surface area contributed by atoms with Crippen LogP contribution >= 0.6 is 11.6 Å². The van der Waals surface area contributed by atoms with E-state index in [-0.39, 0.29) is 28.9 Å². The third-order valence-corrected chi connectivity index (χ3v) is 6.45. The summed E-state index contributed by atoms with van der Waals surface area (Å²) in [5, 5.41) is 0.207. The van der Waals surface area contributed by atoms with Crippen LogP contribution in [-0.2, 0) is 13.1 Å². The van der Waals surface area contributed by atoms with Crippen LogP contribution in [0.1, 0.15) is 32.6 Å². The molecule has 0 unspecified atom stereocenters. The zero-order valence-corrected chi connectivity index (χ0v) is 18.9. The Labute approximate surface area is 200 Å². The van der Waals surface area contributed by atoms with Gasteiger partial charge in [0, 0.05) is 29.8 Å². The number of hydrogen-bond acceptors (Lipinski definition) is 6. The highest BCUT2D eigenvalue weighted by Gasteiger charge is 2.34. The number of halogens is 2. The van der Waals surface area contributed by atoms with Crippen LogP contribution in [0.4, 0.5) is 4.39 Å². The molecule has 0 N–H and O–H groups in total. The van der Waals surface area contributed by atoms with Crippen molar-refractivity contribution in [3.8, 4) is 23.0 Å². The molecule has 0 atom stereocenters. The molecule has 0 saturated heterocycles. The Balaban J connectivity index is 1.27. The van der Waals surface area contributed by atoms with E-state index < -0.39 is 5.82 Å². The van der Waals surface area contributed by atoms with Crippen LogP contribution in [0.15, 0.2) is 48.2 Å². The fraction of sp³-hybridized carbons (Fsp3) is 0.192. The van der Waals surface area contributed by atoms with Crippen molar-refractivity contribution >= 4 is 23.5 Å². The Hall–Kier alpha value is -3.55. The van der Waals surface area contributed by atoms with Gasteiger partial charge in [-0.25, -0.2) is 4.39 Å². The summed E-state index contributed by atoms with van der Waals surface area (Å²) in [7, 11) is 0. The van der Waals surface area contributed by atoms with Crippen LogP contribution < -0.4 is 18.9 Å². The number of allylic oxidation sites excluding steroid dienone is 1. The Morgan fingerprint density at radius 2 is 1.94 bits per heavy atom. The van der Waals surface area contributed by atoms with Crippen molar-refractivity contribution in [3.05, 3.63) is 86.9 Å². The van der Waals surface area contributed by atoms with Crippen molar-refractivity contribution in [2.24, 2.45) is 0 Å². The number of hydrogen-bond donors (Lipinski definition) is 0. The number of ketones is 1. The highest BCUT2D eigenvalue weighted by atomic mass is 35.5. The van der Waals surface area contributed by atoms with Gasteiger partial charge in [0.2, 0.25) is 12.6 Å². The lowest BCUT2D eigenvalue weighted by molar-refractivity contribution is 0.0876. The number of ether oxygens (including phenoxy) is 4. The molecule has 3 aromatic rings. The number of carbonyl (C=O) groups excluding carboxylic acids is 1. The van der Waals surface area contributed by atoms with Gasteiger partial charge < -0.3 is 18.9 Å². The molecule has 3 aromatic carbocycles. The smallest absolute Gasteiger partial charge is 0.231 e. The minimum Gasteiger partial charge on any atom is -0.477 e. The molecular weight excluding hydrogens is 461 g/mol. The van der Waals surface area contributed by atoms with E-state index in [2.05, 4.69) is 4.90 Å². The maximum atomic E-state index is 14.2. The molecule has 6 rings (SSSR count). The molecule has 3 aliphatic heterocycles. The number of nitrogens with zero attached hydrogens (tertiary/aromatic N) is 1. The van der Waals surface area contributed by atoms with Gasteiger partial charge in [-0.05, 0) is 48.9 Å². The first-order chi connectivity index (χ1) is 16.5. The van der Waals surface area contributed by atoms with E-state index in [0.29, 0.717) is 36.9 Å². The number of benzene rings is 3. The van der Waals surface area contributed by atoms with Crippen molar-refractivity contribution in [2.45, 2.75) is 20.0 Å². The lowest BCUT2D eigenvalue weighted by Gasteiger charge is -2.30. The molecule has 8 heteroatoms. The predicted molar refractivity (Wildman–Crippen MR) is 123 cm³/mol. The molecule has 0 saturated carbocycles. The molecule has 0 aliphatic carbocycles. The maximum absolute atomic E-state index is 14.2. The number of carbonyl (C=O) groups is 1. The van der Waals surface area contributed by atoms with Crippen LogP contribution in [-0.4, -0.2) is 24.2 Å². The lowest BCUT2D eigenvalue weighted by Crippen LogP contribution is -2.32. The minimum atomic E-state index is -0.522. The van der Waals surface area contributed by atoms with Crippen LogP contribution in [0, 0.1) is 12.7 Å². The van der Waals surface area contributed by atoms with Gasteiger partial charge >= 0.3 is 0 Å². The Morgan fingerprint density at radius 3 is 2.79 bits per heavy atom. The average molecular weight is 480 g/mol. The van der Waals surface area contributed by atoms with E-state index >= 15 is 0 Å². The Morgan fingerprint density at radius 1 is 1.09 bits per heavy atom. The molecule has 0 bridgehead atoms. The minimum absolute atomic E-state index is 0.0321. The van der Waals surface area contributed by atoms with Crippen molar-refractivity contribution < 1.29 is 28.1 Å². The highest BCUT2D eigenvalue weighted by Crippen LogP contribution is 2.44. The molecule has 34 heavy (non-hydrogen) atoms. The van der Waals surface area contributed by atoms with Crippen molar-refractivity contribution in [1.29, 1.82) is 0 Å². The fourth-order valence-corrected chi connectivity index (χ4v) is 4.69. The third kappa shape index (κ3) is 3.48.